The number of nitrogens with one attached hydrogen (secondary N) is 1. The number of rotatable bonds is 6. The average Bonchev–Trinajstić information content (AvgIpc) is 3.57. The molecule has 6 nitrogen and oxygen atoms in total. The number of halogens is 1. The number of carbonyl (C=O) groups is 1. The molecule has 10 heteroatoms. The number of amides is 1. The number of hydrazone groups is 1. The lowest BCUT2D eigenvalue weighted by molar-refractivity contribution is -0.130. The van der Waals surface area contributed by atoms with Gasteiger partial charge in [-0.05, 0) is 35.0 Å². The van der Waals surface area contributed by atoms with E-state index in [0.29, 0.717) is 23.0 Å². The first-order valence-corrected chi connectivity index (χ1v) is 12.2. The van der Waals surface area contributed by atoms with Gasteiger partial charge in [0.15, 0.2) is 5.82 Å². The van der Waals surface area contributed by atoms with Gasteiger partial charge in [0.25, 0.3) is 5.91 Å². The summed E-state index contributed by atoms with van der Waals surface area (Å²) in [6.07, 6.45) is 0.690. The molecule has 0 aliphatic carbocycles. The Morgan fingerprint density at radius 2 is 2.00 bits per heavy atom. The van der Waals surface area contributed by atoms with Crippen molar-refractivity contribution in [3.63, 3.8) is 0 Å². The number of carbonyl (C=O) groups excluding carboxylic acids is 1. The molecule has 0 spiro atoms. The monoisotopic (exact) mass is 469 g/mol. The van der Waals surface area contributed by atoms with Crippen LogP contribution in [0.15, 0.2) is 69.5 Å². The van der Waals surface area contributed by atoms with Crippen LogP contribution in [-0.2, 0) is 4.79 Å². The maximum absolute atomic E-state index is 14.0. The van der Waals surface area contributed by atoms with Crippen molar-refractivity contribution in [3.8, 4) is 11.4 Å². The molecule has 1 amide bonds. The molecule has 0 saturated carbocycles. The zero-order chi connectivity index (χ0) is 21.2. The van der Waals surface area contributed by atoms with Gasteiger partial charge in [-0.15, -0.1) is 27.8 Å². The summed E-state index contributed by atoms with van der Waals surface area (Å²) in [6, 6.07) is 14.3. The van der Waals surface area contributed by atoms with Crippen molar-refractivity contribution in [1.29, 1.82) is 0 Å². The second-order valence-electron chi connectivity index (χ2n) is 6.73. The number of H-pyrrole nitrogens is 1. The molecule has 4 heterocycles. The Balaban J connectivity index is 1.31. The summed E-state index contributed by atoms with van der Waals surface area (Å²) in [4.78, 5) is 19.6. The Hall–Kier alpha value is -2.82. The molecule has 31 heavy (non-hydrogen) atoms. The molecule has 0 unspecified atom stereocenters. The first kappa shape index (κ1) is 20.1. The van der Waals surface area contributed by atoms with Crippen LogP contribution in [0.4, 0.5) is 4.39 Å². The molecule has 0 fully saturated rings. The summed E-state index contributed by atoms with van der Waals surface area (Å²) >= 11 is 4.45. The molecule has 1 aliphatic rings. The molecule has 5 rings (SSSR count). The molecule has 1 atom stereocenters. The van der Waals surface area contributed by atoms with Gasteiger partial charge in [-0.25, -0.2) is 14.4 Å². The third-order valence-corrected chi connectivity index (χ3v) is 7.49. The number of thioether (sulfide) groups is 1. The Morgan fingerprint density at radius 3 is 2.77 bits per heavy atom. The summed E-state index contributed by atoms with van der Waals surface area (Å²) in [7, 11) is 0. The minimum absolute atomic E-state index is 0.105. The Kier molecular flexibility index (Phi) is 5.66. The van der Waals surface area contributed by atoms with Crippen LogP contribution in [0.5, 0.6) is 0 Å². The third-order valence-electron chi connectivity index (χ3n) is 4.76. The van der Waals surface area contributed by atoms with Crippen molar-refractivity contribution in [1.82, 2.24) is 20.2 Å². The van der Waals surface area contributed by atoms with Crippen molar-refractivity contribution in [2.24, 2.45) is 5.10 Å². The minimum atomic E-state index is -0.377. The van der Waals surface area contributed by atoms with Crippen molar-refractivity contribution in [2.75, 3.05) is 5.75 Å². The third kappa shape index (κ3) is 4.18. The molecule has 0 saturated heterocycles. The van der Waals surface area contributed by atoms with E-state index in [0.717, 1.165) is 15.5 Å². The van der Waals surface area contributed by atoms with Crippen molar-refractivity contribution in [3.05, 3.63) is 74.9 Å². The van der Waals surface area contributed by atoms with E-state index in [-0.39, 0.29) is 23.5 Å². The normalized spacial score (nSPS) is 16.0. The van der Waals surface area contributed by atoms with Gasteiger partial charge in [-0.2, -0.15) is 5.10 Å². The number of benzene rings is 1. The van der Waals surface area contributed by atoms with Gasteiger partial charge in [-0.1, -0.05) is 36.0 Å². The SMILES string of the molecule is O=C(CSc1n[nH]c(-c2ccccc2F)n1)N1N=C(c2cccs2)C[C@@H]1c1cccs1. The fourth-order valence-electron chi connectivity index (χ4n) is 3.31. The fourth-order valence-corrected chi connectivity index (χ4v) is 5.50. The van der Waals surface area contributed by atoms with Crippen LogP contribution < -0.4 is 0 Å². The summed E-state index contributed by atoms with van der Waals surface area (Å²) in [6.45, 7) is 0. The van der Waals surface area contributed by atoms with Crippen molar-refractivity contribution < 1.29 is 9.18 Å². The highest BCUT2D eigenvalue weighted by atomic mass is 32.2. The van der Waals surface area contributed by atoms with Crippen LogP contribution in [0.3, 0.4) is 0 Å². The number of thiophene rings is 2. The predicted molar refractivity (Wildman–Crippen MR) is 122 cm³/mol. The van der Waals surface area contributed by atoms with Crippen LogP contribution in [0, 0.1) is 5.82 Å². The summed E-state index contributed by atoms with van der Waals surface area (Å²) in [5.74, 6) is -0.0223. The smallest absolute Gasteiger partial charge is 0.253 e. The average molecular weight is 470 g/mol. The number of aromatic amines is 1. The zero-order valence-corrected chi connectivity index (χ0v) is 18.5. The molecule has 0 bridgehead atoms. The molecule has 156 valence electrons. The predicted octanol–water partition coefficient (Wildman–Crippen LogP) is 5.20. The largest absolute Gasteiger partial charge is 0.272 e. The lowest BCUT2D eigenvalue weighted by atomic mass is 10.1. The van der Waals surface area contributed by atoms with E-state index in [1.807, 2.05) is 35.0 Å². The minimum Gasteiger partial charge on any atom is -0.272 e. The lowest BCUT2D eigenvalue weighted by Crippen LogP contribution is -2.28. The molecule has 0 radical (unpaired) electrons. The molecule has 1 N–H and O–H groups in total. The maximum atomic E-state index is 14.0. The van der Waals surface area contributed by atoms with E-state index in [2.05, 4.69) is 20.3 Å². The maximum Gasteiger partial charge on any atom is 0.253 e. The Labute approximate surface area is 189 Å². The van der Waals surface area contributed by atoms with E-state index >= 15 is 0 Å². The Bertz CT molecular complexity index is 1220. The molecule has 1 aromatic carbocycles. The lowest BCUT2D eigenvalue weighted by Gasteiger charge is -2.20. The number of nitrogens with zero attached hydrogens (tertiary/aromatic N) is 4. The van der Waals surface area contributed by atoms with E-state index in [4.69, 9.17) is 0 Å². The molecule has 1 aliphatic heterocycles. The quantitative estimate of drug-likeness (QED) is 0.394. The standard InChI is InChI=1S/C21H16FN5OS3/c22-14-6-2-1-5-13(14)20-23-21(25-24-20)31-12-19(28)27-16(18-8-4-10-30-18)11-15(26-27)17-7-3-9-29-17/h1-10,16H,11-12H2,(H,23,24,25)/t16-/m1/s1. The molecular weight excluding hydrogens is 453 g/mol. The summed E-state index contributed by atoms with van der Waals surface area (Å²) < 4.78 is 14.0. The van der Waals surface area contributed by atoms with Gasteiger partial charge >= 0.3 is 0 Å². The highest BCUT2D eigenvalue weighted by Crippen LogP contribution is 2.36. The van der Waals surface area contributed by atoms with Gasteiger partial charge in [0, 0.05) is 11.3 Å². The second kappa shape index (κ2) is 8.74. The number of hydrogen-bond donors (Lipinski definition) is 1. The van der Waals surface area contributed by atoms with Crippen LogP contribution in [-0.4, -0.2) is 37.6 Å². The number of aromatic nitrogens is 3. The zero-order valence-electron chi connectivity index (χ0n) is 16.1. The first-order chi connectivity index (χ1) is 15.2. The molecular formula is C21H16FN5OS3. The van der Waals surface area contributed by atoms with Gasteiger partial charge in [0.2, 0.25) is 5.16 Å². The number of hydrogen-bond acceptors (Lipinski definition) is 7. The van der Waals surface area contributed by atoms with Gasteiger partial charge in [-0.3, -0.25) is 9.89 Å². The van der Waals surface area contributed by atoms with Crippen LogP contribution in [0.1, 0.15) is 22.2 Å². The summed E-state index contributed by atoms with van der Waals surface area (Å²) in [5.41, 5.74) is 1.27. The van der Waals surface area contributed by atoms with Crippen LogP contribution in [0.25, 0.3) is 11.4 Å². The highest BCUT2D eigenvalue weighted by molar-refractivity contribution is 7.99. The molecule has 3 aromatic heterocycles. The molecule has 4 aromatic rings. The highest BCUT2D eigenvalue weighted by Gasteiger charge is 2.34. The van der Waals surface area contributed by atoms with Gasteiger partial charge < -0.3 is 0 Å². The first-order valence-electron chi connectivity index (χ1n) is 9.46. The van der Waals surface area contributed by atoms with Gasteiger partial charge in [0.1, 0.15) is 5.82 Å². The van der Waals surface area contributed by atoms with E-state index in [9.17, 15) is 9.18 Å². The van der Waals surface area contributed by atoms with E-state index in [1.54, 1.807) is 45.9 Å². The van der Waals surface area contributed by atoms with E-state index < -0.39 is 0 Å². The van der Waals surface area contributed by atoms with E-state index in [1.165, 1.54) is 17.8 Å². The fraction of sp³-hybridized carbons (Fsp3) is 0.143. The summed E-state index contributed by atoms with van der Waals surface area (Å²) in [5, 5.41) is 17.5. The van der Waals surface area contributed by atoms with Crippen molar-refractivity contribution in [2.45, 2.75) is 17.6 Å². The van der Waals surface area contributed by atoms with Crippen LogP contribution in [0.2, 0.25) is 0 Å². The topological polar surface area (TPSA) is 74.2 Å². The Morgan fingerprint density at radius 1 is 1.16 bits per heavy atom. The second-order valence-corrected chi connectivity index (χ2v) is 9.60. The van der Waals surface area contributed by atoms with Crippen LogP contribution >= 0.6 is 34.4 Å². The van der Waals surface area contributed by atoms with Crippen molar-refractivity contribution >= 4 is 46.1 Å². The van der Waals surface area contributed by atoms with Gasteiger partial charge in [0.05, 0.1) is 27.9 Å².